The molecule has 2 heterocycles. The van der Waals surface area contributed by atoms with E-state index < -0.39 is 0 Å². The first-order chi connectivity index (χ1) is 11.8. The molecule has 5 heteroatoms. The number of carbonyl (C=O) groups is 1. The van der Waals surface area contributed by atoms with Crippen molar-refractivity contribution in [3.63, 3.8) is 0 Å². The highest BCUT2D eigenvalue weighted by Gasteiger charge is 2.23. The Hall–Kier alpha value is -2.11. The number of piperazine rings is 1. The Morgan fingerprint density at radius 3 is 2.58 bits per heavy atom. The molecule has 1 aromatic heterocycles. The molecule has 1 fully saturated rings. The summed E-state index contributed by atoms with van der Waals surface area (Å²) in [5.41, 5.74) is 2.89. The smallest absolute Gasteiger partial charge is 0.154 e. The van der Waals surface area contributed by atoms with Gasteiger partial charge in [0.15, 0.2) is 6.29 Å². The Bertz CT molecular complexity index is 897. The van der Waals surface area contributed by atoms with Gasteiger partial charge in [0.25, 0.3) is 0 Å². The lowest BCUT2D eigenvalue weighted by Crippen LogP contribution is -2.44. The number of hydrogen-bond donors (Lipinski definition) is 1. The molecule has 24 heavy (non-hydrogen) atoms. The monoisotopic (exact) mass is 383 g/mol. The number of aromatic nitrogens is 1. The normalized spacial score (nSPS) is 15.0. The van der Waals surface area contributed by atoms with E-state index >= 15 is 0 Å². The van der Waals surface area contributed by atoms with Crippen molar-refractivity contribution < 1.29 is 4.79 Å². The molecule has 0 atom stereocenters. The highest BCUT2D eigenvalue weighted by atomic mass is 79.9. The van der Waals surface area contributed by atoms with Gasteiger partial charge in [0.1, 0.15) is 5.82 Å². The van der Waals surface area contributed by atoms with Gasteiger partial charge in [-0.05, 0) is 24.3 Å². The van der Waals surface area contributed by atoms with Gasteiger partial charge in [-0.15, -0.1) is 0 Å². The van der Waals surface area contributed by atoms with Crippen LogP contribution in [-0.4, -0.2) is 37.0 Å². The molecule has 1 aliphatic rings. The maximum atomic E-state index is 11.9. The van der Waals surface area contributed by atoms with Gasteiger partial charge in [-0.2, -0.15) is 0 Å². The standard InChI is InChI=1S/C19H18BrN3O/c20-14-4-3-5-15(12-14)23-18-7-2-1-6-16(18)17(13-24)19(23)22-10-8-21-9-11-22/h1-7,12-13,21H,8-11H2. The zero-order valence-electron chi connectivity index (χ0n) is 13.2. The summed E-state index contributed by atoms with van der Waals surface area (Å²) >= 11 is 3.56. The fourth-order valence-electron chi connectivity index (χ4n) is 3.43. The third-order valence-electron chi connectivity index (χ3n) is 4.49. The van der Waals surface area contributed by atoms with Crippen LogP contribution in [0.1, 0.15) is 10.4 Å². The highest BCUT2D eigenvalue weighted by Crippen LogP contribution is 2.35. The van der Waals surface area contributed by atoms with Crippen LogP contribution in [-0.2, 0) is 0 Å². The minimum atomic E-state index is 0.771. The SMILES string of the molecule is O=Cc1c(N2CCNCC2)n(-c2cccc(Br)c2)c2ccccc12. The van der Waals surface area contributed by atoms with Crippen molar-refractivity contribution in [1.82, 2.24) is 9.88 Å². The zero-order valence-corrected chi connectivity index (χ0v) is 14.8. The van der Waals surface area contributed by atoms with E-state index in [0.29, 0.717) is 0 Å². The number of nitrogens with zero attached hydrogens (tertiary/aromatic N) is 2. The van der Waals surface area contributed by atoms with Crippen molar-refractivity contribution in [2.24, 2.45) is 0 Å². The summed E-state index contributed by atoms with van der Waals surface area (Å²) in [4.78, 5) is 14.2. The number of nitrogens with one attached hydrogen (secondary N) is 1. The molecule has 3 aromatic rings. The van der Waals surface area contributed by atoms with E-state index in [1.54, 1.807) is 0 Å². The molecular weight excluding hydrogens is 366 g/mol. The zero-order chi connectivity index (χ0) is 16.5. The number of anilines is 1. The fourth-order valence-corrected chi connectivity index (χ4v) is 3.82. The van der Waals surface area contributed by atoms with Crippen molar-refractivity contribution >= 4 is 38.9 Å². The summed E-state index contributed by atoms with van der Waals surface area (Å²) in [6.45, 7) is 3.65. The first-order valence-electron chi connectivity index (χ1n) is 8.10. The summed E-state index contributed by atoms with van der Waals surface area (Å²) in [6.07, 6.45) is 0.994. The number of benzene rings is 2. The molecule has 0 radical (unpaired) electrons. The van der Waals surface area contributed by atoms with Crippen LogP contribution in [0.4, 0.5) is 5.82 Å². The Morgan fingerprint density at radius 2 is 1.83 bits per heavy atom. The van der Waals surface area contributed by atoms with E-state index in [4.69, 9.17) is 0 Å². The minimum absolute atomic E-state index is 0.771. The lowest BCUT2D eigenvalue weighted by molar-refractivity contribution is 0.112. The van der Waals surface area contributed by atoms with Gasteiger partial charge in [0.05, 0.1) is 11.1 Å². The second-order valence-electron chi connectivity index (χ2n) is 5.92. The van der Waals surface area contributed by atoms with Crippen molar-refractivity contribution in [2.75, 3.05) is 31.1 Å². The summed E-state index contributed by atoms with van der Waals surface area (Å²) in [7, 11) is 0. The lowest BCUT2D eigenvalue weighted by atomic mass is 10.2. The van der Waals surface area contributed by atoms with E-state index in [1.165, 1.54) is 0 Å². The quantitative estimate of drug-likeness (QED) is 0.701. The molecule has 0 unspecified atom stereocenters. The molecule has 1 saturated heterocycles. The average Bonchev–Trinajstić information content (AvgIpc) is 2.97. The minimum Gasteiger partial charge on any atom is -0.355 e. The second-order valence-corrected chi connectivity index (χ2v) is 6.84. The average molecular weight is 384 g/mol. The Labute approximate surface area is 149 Å². The maximum absolute atomic E-state index is 11.9. The number of rotatable bonds is 3. The number of aldehydes is 1. The lowest BCUT2D eigenvalue weighted by Gasteiger charge is -2.31. The largest absolute Gasteiger partial charge is 0.355 e. The molecule has 0 amide bonds. The number of fused-ring (bicyclic) bond motifs is 1. The summed E-state index contributed by atoms with van der Waals surface area (Å²) in [5, 5.41) is 4.38. The van der Waals surface area contributed by atoms with Crippen molar-refractivity contribution in [2.45, 2.75) is 0 Å². The molecule has 2 aromatic carbocycles. The van der Waals surface area contributed by atoms with Crippen molar-refractivity contribution in [3.8, 4) is 5.69 Å². The van der Waals surface area contributed by atoms with Gasteiger partial charge in [0, 0.05) is 41.7 Å². The second kappa shape index (κ2) is 6.42. The van der Waals surface area contributed by atoms with Gasteiger partial charge in [-0.1, -0.05) is 40.2 Å². The molecule has 0 saturated carbocycles. The molecule has 4 rings (SSSR count). The van der Waals surface area contributed by atoms with Gasteiger partial charge in [0.2, 0.25) is 0 Å². The number of carbonyl (C=O) groups excluding carboxylic acids is 1. The summed E-state index contributed by atoms with van der Waals surface area (Å²) < 4.78 is 3.23. The third kappa shape index (κ3) is 2.54. The molecule has 0 spiro atoms. The van der Waals surface area contributed by atoms with E-state index in [0.717, 1.165) is 64.9 Å². The van der Waals surface area contributed by atoms with Crippen LogP contribution in [0.25, 0.3) is 16.6 Å². The van der Waals surface area contributed by atoms with Crippen LogP contribution in [0.3, 0.4) is 0 Å². The first kappa shape index (κ1) is 15.4. The van der Waals surface area contributed by atoms with Crippen molar-refractivity contribution in [1.29, 1.82) is 0 Å². The van der Waals surface area contributed by atoms with E-state index in [9.17, 15) is 4.79 Å². The molecule has 0 bridgehead atoms. The Kier molecular flexibility index (Phi) is 4.12. The van der Waals surface area contributed by atoms with Gasteiger partial charge < -0.3 is 10.2 Å². The van der Waals surface area contributed by atoms with E-state index in [2.05, 4.69) is 48.9 Å². The molecule has 1 aliphatic heterocycles. The van der Waals surface area contributed by atoms with E-state index in [1.807, 2.05) is 30.3 Å². The van der Waals surface area contributed by atoms with Crippen LogP contribution in [0.15, 0.2) is 53.0 Å². The topological polar surface area (TPSA) is 37.3 Å². The third-order valence-corrected chi connectivity index (χ3v) is 4.98. The van der Waals surface area contributed by atoms with Crippen LogP contribution >= 0.6 is 15.9 Å². The predicted molar refractivity (Wildman–Crippen MR) is 101 cm³/mol. The van der Waals surface area contributed by atoms with Crippen LogP contribution < -0.4 is 10.2 Å². The van der Waals surface area contributed by atoms with Crippen molar-refractivity contribution in [3.05, 3.63) is 58.6 Å². The first-order valence-corrected chi connectivity index (χ1v) is 8.89. The Balaban J connectivity index is 2.04. The molecule has 0 aliphatic carbocycles. The maximum Gasteiger partial charge on any atom is 0.154 e. The molecule has 1 N–H and O–H groups in total. The predicted octanol–water partition coefficient (Wildman–Crippen LogP) is 3.62. The Morgan fingerprint density at radius 1 is 1.04 bits per heavy atom. The number of hydrogen-bond acceptors (Lipinski definition) is 3. The van der Waals surface area contributed by atoms with E-state index in [-0.39, 0.29) is 0 Å². The number of halogens is 1. The van der Waals surface area contributed by atoms with Gasteiger partial charge in [-0.3, -0.25) is 9.36 Å². The molecule has 4 nitrogen and oxygen atoms in total. The summed E-state index contributed by atoms with van der Waals surface area (Å²) in [6, 6.07) is 16.3. The van der Waals surface area contributed by atoms with Crippen LogP contribution in [0, 0.1) is 0 Å². The van der Waals surface area contributed by atoms with Crippen LogP contribution in [0.2, 0.25) is 0 Å². The highest BCUT2D eigenvalue weighted by molar-refractivity contribution is 9.10. The molecule has 122 valence electrons. The van der Waals surface area contributed by atoms with Gasteiger partial charge in [-0.25, -0.2) is 0 Å². The van der Waals surface area contributed by atoms with Crippen LogP contribution in [0.5, 0.6) is 0 Å². The number of para-hydroxylation sites is 1. The summed E-state index contributed by atoms with van der Waals surface area (Å²) in [5.74, 6) is 0.991. The fraction of sp³-hybridized carbons (Fsp3) is 0.211. The molecular formula is C19H18BrN3O. The van der Waals surface area contributed by atoms with Gasteiger partial charge >= 0.3 is 0 Å².